The maximum atomic E-state index is 13.7. The zero-order valence-electron chi connectivity index (χ0n) is 17.2. The molecule has 0 saturated carbocycles. The van der Waals surface area contributed by atoms with Gasteiger partial charge in [0.05, 0.1) is 4.90 Å². The highest BCUT2D eigenvalue weighted by Crippen LogP contribution is 2.41. The third kappa shape index (κ3) is 4.10. The van der Waals surface area contributed by atoms with Crippen molar-refractivity contribution in [1.82, 2.24) is 4.31 Å². The molecule has 4 rings (SSSR count). The van der Waals surface area contributed by atoms with Crippen LogP contribution in [0.2, 0.25) is 0 Å². The van der Waals surface area contributed by atoms with E-state index in [4.69, 9.17) is 0 Å². The minimum Gasteiger partial charge on any atom is -0.207 e. The fraction of sp³-hybridized carbons (Fsp3) is 0.360. The van der Waals surface area contributed by atoms with E-state index in [2.05, 4.69) is 31.2 Å². The van der Waals surface area contributed by atoms with Gasteiger partial charge in [-0.25, -0.2) is 8.42 Å². The number of hydrogen-bond donors (Lipinski definition) is 0. The van der Waals surface area contributed by atoms with Crippen LogP contribution in [0.1, 0.15) is 37.3 Å². The predicted molar refractivity (Wildman–Crippen MR) is 118 cm³/mol. The van der Waals surface area contributed by atoms with Crippen molar-refractivity contribution in [3.63, 3.8) is 0 Å². The van der Waals surface area contributed by atoms with Crippen LogP contribution in [-0.4, -0.2) is 25.3 Å². The Kier molecular flexibility index (Phi) is 5.75. The first-order valence-corrected chi connectivity index (χ1v) is 11.9. The van der Waals surface area contributed by atoms with E-state index < -0.39 is 10.0 Å². The Morgan fingerprint density at radius 3 is 2.41 bits per heavy atom. The summed E-state index contributed by atoms with van der Waals surface area (Å²) in [5.41, 5.74) is 4.91. The van der Waals surface area contributed by atoms with Crippen LogP contribution in [0, 0.1) is 12.8 Å². The molecule has 1 fully saturated rings. The number of allylic oxidation sites excluding steroid dienone is 3. The molecule has 0 unspecified atom stereocenters. The van der Waals surface area contributed by atoms with Gasteiger partial charge in [0.2, 0.25) is 10.0 Å². The second kappa shape index (κ2) is 8.29. The van der Waals surface area contributed by atoms with Crippen molar-refractivity contribution >= 4 is 10.0 Å². The maximum Gasteiger partial charge on any atom is 0.243 e. The molecule has 0 spiro atoms. The molecule has 0 amide bonds. The smallest absolute Gasteiger partial charge is 0.207 e. The molecule has 2 atom stereocenters. The van der Waals surface area contributed by atoms with Crippen LogP contribution in [0.4, 0.5) is 0 Å². The summed E-state index contributed by atoms with van der Waals surface area (Å²) >= 11 is 0. The van der Waals surface area contributed by atoms with Crippen LogP contribution >= 0.6 is 0 Å². The summed E-state index contributed by atoms with van der Waals surface area (Å²) in [7, 11) is -3.55. The SMILES string of the molecule is C/C1=C2\CN(S(=O)(=O)c3ccc(C)cc3)[C@H](Cc3ccccc3)[C@H]2CC/C=C\C1. The molecule has 2 aromatic carbocycles. The van der Waals surface area contributed by atoms with E-state index >= 15 is 0 Å². The van der Waals surface area contributed by atoms with Gasteiger partial charge in [-0.2, -0.15) is 4.31 Å². The Balaban J connectivity index is 1.76. The van der Waals surface area contributed by atoms with Crippen molar-refractivity contribution in [2.75, 3.05) is 6.54 Å². The highest BCUT2D eigenvalue weighted by molar-refractivity contribution is 7.89. The first-order chi connectivity index (χ1) is 14.0. The zero-order valence-corrected chi connectivity index (χ0v) is 18.0. The standard InChI is InChI=1S/C25H29NO2S/c1-19-13-15-22(16-14-19)29(27,28)26-18-24-20(2)9-5-3-8-12-23(24)25(26)17-21-10-6-4-7-11-21/h3-7,10-11,13-16,23,25H,8-9,12,17-18H2,1-2H3/b5-3-,24-20-/t23-,25+/m0/s1. The van der Waals surface area contributed by atoms with E-state index in [1.54, 1.807) is 16.4 Å². The lowest BCUT2D eigenvalue weighted by Gasteiger charge is -2.28. The number of hydrogen-bond acceptors (Lipinski definition) is 2. The molecule has 0 radical (unpaired) electrons. The van der Waals surface area contributed by atoms with Crippen molar-refractivity contribution in [2.24, 2.45) is 5.92 Å². The molecule has 3 nitrogen and oxygen atoms in total. The van der Waals surface area contributed by atoms with Crippen molar-refractivity contribution < 1.29 is 8.42 Å². The topological polar surface area (TPSA) is 37.4 Å². The number of sulfonamides is 1. The van der Waals surface area contributed by atoms with Crippen molar-refractivity contribution in [1.29, 1.82) is 0 Å². The third-order valence-electron chi connectivity index (χ3n) is 6.31. The third-order valence-corrected chi connectivity index (χ3v) is 8.19. The van der Waals surface area contributed by atoms with Crippen LogP contribution < -0.4 is 0 Å². The van der Waals surface area contributed by atoms with Gasteiger partial charge < -0.3 is 0 Å². The lowest BCUT2D eigenvalue weighted by Crippen LogP contribution is -2.39. The van der Waals surface area contributed by atoms with Crippen molar-refractivity contribution in [3.8, 4) is 0 Å². The van der Waals surface area contributed by atoms with Gasteiger partial charge in [-0.15, -0.1) is 0 Å². The Bertz CT molecular complexity index is 1020. The van der Waals surface area contributed by atoms with E-state index in [0.29, 0.717) is 11.4 Å². The van der Waals surface area contributed by atoms with E-state index in [1.807, 2.05) is 37.3 Å². The quantitative estimate of drug-likeness (QED) is 0.646. The van der Waals surface area contributed by atoms with Crippen molar-refractivity contribution in [3.05, 3.63) is 89.0 Å². The molecule has 1 saturated heterocycles. The number of rotatable bonds is 4. The van der Waals surface area contributed by atoms with Gasteiger partial charge in [-0.05, 0) is 63.1 Å². The van der Waals surface area contributed by atoms with Gasteiger partial charge in [-0.3, -0.25) is 0 Å². The number of fused-ring (bicyclic) bond motifs is 1. The Hall–Kier alpha value is -2.17. The first-order valence-electron chi connectivity index (χ1n) is 10.4. The molecule has 1 heterocycles. The van der Waals surface area contributed by atoms with Gasteiger partial charge in [0.1, 0.15) is 0 Å². The molecule has 29 heavy (non-hydrogen) atoms. The van der Waals surface area contributed by atoms with Crippen LogP contribution in [-0.2, 0) is 16.4 Å². The highest BCUT2D eigenvalue weighted by Gasteiger charge is 2.44. The van der Waals surface area contributed by atoms with Crippen LogP contribution in [0.5, 0.6) is 0 Å². The molecular weight excluding hydrogens is 378 g/mol. The van der Waals surface area contributed by atoms with Gasteiger partial charge >= 0.3 is 0 Å². The van der Waals surface area contributed by atoms with Gasteiger partial charge in [0.15, 0.2) is 0 Å². The largest absolute Gasteiger partial charge is 0.243 e. The average molecular weight is 408 g/mol. The Morgan fingerprint density at radius 2 is 1.69 bits per heavy atom. The van der Waals surface area contributed by atoms with Crippen molar-refractivity contribution in [2.45, 2.75) is 50.5 Å². The molecular formula is C25H29NO2S. The number of aryl methyl sites for hydroxylation is 1. The predicted octanol–water partition coefficient (Wildman–Crippen LogP) is 5.28. The Morgan fingerprint density at radius 1 is 0.966 bits per heavy atom. The summed E-state index contributed by atoms with van der Waals surface area (Å²) in [6.07, 6.45) is 8.14. The number of nitrogens with zero attached hydrogens (tertiary/aromatic N) is 1. The summed E-state index contributed by atoms with van der Waals surface area (Å²) in [4.78, 5) is 0.395. The minimum atomic E-state index is -3.55. The molecule has 4 heteroatoms. The average Bonchev–Trinajstić information content (AvgIpc) is 3.05. The summed E-state index contributed by atoms with van der Waals surface area (Å²) < 4.78 is 29.1. The molecule has 1 aliphatic carbocycles. The molecule has 2 aliphatic rings. The van der Waals surface area contributed by atoms with E-state index in [-0.39, 0.29) is 12.0 Å². The van der Waals surface area contributed by atoms with Crippen LogP contribution in [0.3, 0.4) is 0 Å². The molecule has 0 aromatic heterocycles. The number of benzene rings is 2. The molecule has 152 valence electrons. The first kappa shape index (κ1) is 20.1. The van der Waals surface area contributed by atoms with Crippen LogP contribution in [0.15, 0.2) is 82.8 Å². The van der Waals surface area contributed by atoms with Gasteiger partial charge in [-0.1, -0.05) is 71.3 Å². The molecule has 2 aromatic rings. The molecule has 0 bridgehead atoms. The summed E-state index contributed by atoms with van der Waals surface area (Å²) in [6, 6.07) is 17.5. The second-order valence-corrected chi connectivity index (χ2v) is 10.2. The minimum absolute atomic E-state index is 0.0415. The normalized spacial score (nSPS) is 26.6. The zero-order chi connectivity index (χ0) is 20.4. The lowest BCUT2D eigenvalue weighted by molar-refractivity contribution is 0.328. The fourth-order valence-corrected chi connectivity index (χ4v) is 6.28. The summed E-state index contributed by atoms with van der Waals surface area (Å²) in [5.74, 6) is 0.278. The van der Waals surface area contributed by atoms with E-state index in [1.165, 1.54) is 16.7 Å². The molecule has 1 aliphatic heterocycles. The van der Waals surface area contributed by atoms with E-state index in [0.717, 1.165) is 31.2 Å². The fourth-order valence-electron chi connectivity index (χ4n) is 4.65. The maximum absolute atomic E-state index is 13.7. The monoisotopic (exact) mass is 407 g/mol. The molecule has 0 N–H and O–H groups in total. The lowest BCUT2D eigenvalue weighted by atomic mass is 9.84. The van der Waals surface area contributed by atoms with Gasteiger partial charge in [0.25, 0.3) is 0 Å². The Labute approximate surface area is 174 Å². The van der Waals surface area contributed by atoms with Gasteiger partial charge in [0, 0.05) is 12.6 Å². The summed E-state index contributed by atoms with van der Waals surface area (Å²) in [5, 5.41) is 0. The van der Waals surface area contributed by atoms with Crippen LogP contribution in [0.25, 0.3) is 0 Å². The summed E-state index contributed by atoms with van der Waals surface area (Å²) in [6.45, 7) is 4.66. The van der Waals surface area contributed by atoms with E-state index in [9.17, 15) is 8.42 Å². The highest BCUT2D eigenvalue weighted by atomic mass is 32.2. The second-order valence-electron chi connectivity index (χ2n) is 8.29.